The quantitative estimate of drug-likeness (QED) is 0.658. The zero-order valence-corrected chi connectivity index (χ0v) is 6.42. The molecule has 1 aliphatic rings. The van der Waals surface area contributed by atoms with Crippen molar-refractivity contribution < 1.29 is 4.74 Å². The summed E-state index contributed by atoms with van der Waals surface area (Å²) in [7, 11) is 0. The zero-order chi connectivity index (χ0) is 7.52. The van der Waals surface area contributed by atoms with Crippen LogP contribution in [0.4, 0.5) is 0 Å². The average Bonchev–Trinajstić information content (AvgIpc) is 2.58. The zero-order valence-electron chi connectivity index (χ0n) is 6.42. The van der Waals surface area contributed by atoms with Crippen LogP contribution in [0.2, 0.25) is 0 Å². The van der Waals surface area contributed by atoms with Crippen molar-refractivity contribution >= 4 is 0 Å². The Morgan fingerprint density at radius 1 is 1.64 bits per heavy atom. The standard InChI is InChI=1S/C8H12N2O/c1-2-7(6-11-5-1)8-9-3-4-10-8/h3-4,7H,1-2,5-6H2,(H,9,10). The molecule has 1 fully saturated rings. The molecular formula is C8H12N2O. The van der Waals surface area contributed by atoms with E-state index in [0.717, 1.165) is 25.5 Å². The van der Waals surface area contributed by atoms with Crippen LogP contribution < -0.4 is 0 Å². The highest BCUT2D eigenvalue weighted by molar-refractivity contribution is 4.97. The number of nitrogens with one attached hydrogen (secondary N) is 1. The van der Waals surface area contributed by atoms with Gasteiger partial charge in [-0.05, 0) is 12.8 Å². The van der Waals surface area contributed by atoms with Crippen LogP contribution in [0, 0.1) is 0 Å². The first-order valence-corrected chi connectivity index (χ1v) is 4.04. The minimum Gasteiger partial charge on any atom is -0.381 e. The summed E-state index contributed by atoms with van der Waals surface area (Å²) < 4.78 is 5.35. The fraction of sp³-hybridized carbons (Fsp3) is 0.625. The van der Waals surface area contributed by atoms with Gasteiger partial charge < -0.3 is 9.72 Å². The van der Waals surface area contributed by atoms with Crippen LogP contribution in [0.1, 0.15) is 24.6 Å². The number of ether oxygens (including phenoxy) is 1. The maximum atomic E-state index is 5.35. The lowest BCUT2D eigenvalue weighted by molar-refractivity contribution is 0.0783. The van der Waals surface area contributed by atoms with Crippen molar-refractivity contribution in [2.75, 3.05) is 13.2 Å². The Labute approximate surface area is 65.8 Å². The Balaban J connectivity index is 2.04. The monoisotopic (exact) mass is 152 g/mol. The summed E-state index contributed by atoms with van der Waals surface area (Å²) in [6, 6.07) is 0. The van der Waals surface area contributed by atoms with Gasteiger partial charge in [0.05, 0.1) is 6.61 Å². The maximum absolute atomic E-state index is 5.35. The van der Waals surface area contributed by atoms with Gasteiger partial charge in [0.25, 0.3) is 0 Å². The lowest BCUT2D eigenvalue weighted by Crippen LogP contribution is -2.16. The topological polar surface area (TPSA) is 37.9 Å². The molecule has 3 nitrogen and oxygen atoms in total. The molecule has 0 radical (unpaired) electrons. The van der Waals surface area contributed by atoms with E-state index in [2.05, 4.69) is 9.97 Å². The second-order valence-corrected chi connectivity index (χ2v) is 2.89. The van der Waals surface area contributed by atoms with Crippen LogP contribution in [-0.4, -0.2) is 23.2 Å². The summed E-state index contributed by atoms with van der Waals surface area (Å²) in [5.74, 6) is 1.57. The third kappa shape index (κ3) is 1.43. The molecular weight excluding hydrogens is 140 g/mol. The smallest absolute Gasteiger partial charge is 0.111 e. The minimum absolute atomic E-state index is 0.499. The number of aromatic amines is 1. The molecule has 0 bridgehead atoms. The van der Waals surface area contributed by atoms with Gasteiger partial charge in [-0.3, -0.25) is 0 Å². The van der Waals surface area contributed by atoms with Gasteiger partial charge in [0.15, 0.2) is 0 Å². The predicted octanol–water partition coefficient (Wildman–Crippen LogP) is 1.30. The Bertz CT molecular complexity index is 202. The Morgan fingerprint density at radius 2 is 2.64 bits per heavy atom. The molecule has 60 valence electrons. The predicted molar refractivity (Wildman–Crippen MR) is 41.4 cm³/mol. The fourth-order valence-corrected chi connectivity index (χ4v) is 1.46. The van der Waals surface area contributed by atoms with Gasteiger partial charge in [0, 0.05) is 24.9 Å². The molecule has 3 heteroatoms. The first-order valence-electron chi connectivity index (χ1n) is 4.04. The molecule has 1 aromatic heterocycles. The number of hydrogen-bond donors (Lipinski definition) is 1. The van der Waals surface area contributed by atoms with Gasteiger partial charge in [0.1, 0.15) is 5.82 Å². The third-order valence-electron chi connectivity index (χ3n) is 2.07. The van der Waals surface area contributed by atoms with Gasteiger partial charge in [0.2, 0.25) is 0 Å². The summed E-state index contributed by atoms with van der Waals surface area (Å²) in [5, 5.41) is 0. The van der Waals surface area contributed by atoms with Crippen LogP contribution in [0.5, 0.6) is 0 Å². The number of H-pyrrole nitrogens is 1. The molecule has 1 atom stereocenters. The first-order chi connectivity index (χ1) is 5.47. The van der Waals surface area contributed by atoms with Crippen LogP contribution in [0.3, 0.4) is 0 Å². The number of hydrogen-bond acceptors (Lipinski definition) is 2. The van der Waals surface area contributed by atoms with Crippen molar-refractivity contribution in [2.45, 2.75) is 18.8 Å². The molecule has 1 aromatic rings. The third-order valence-corrected chi connectivity index (χ3v) is 2.07. The normalized spacial score (nSPS) is 25.3. The molecule has 0 spiro atoms. The lowest BCUT2D eigenvalue weighted by Gasteiger charge is -2.19. The van der Waals surface area contributed by atoms with Crippen molar-refractivity contribution in [1.29, 1.82) is 0 Å². The van der Waals surface area contributed by atoms with Crippen molar-refractivity contribution in [3.05, 3.63) is 18.2 Å². The van der Waals surface area contributed by atoms with Crippen LogP contribution in [0.25, 0.3) is 0 Å². The number of rotatable bonds is 1. The van der Waals surface area contributed by atoms with Crippen molar-refractivity contribution in [3.63, 3.8) is 0 Å². The molecule has 1 unspecified atom stereocenters. The number of imidazole rings is 1. The highest BCUT2D eigenvalue weighted by Crippen LogP contribution is 2.21. The minimum atomic E-state index is 0.499. The SMILES string of the molecule is c1c[nH]c(C2CCCOC2)n1. The van der Waals surface area contributed by atoms with E-state index in [1.807, 2.05) is 6.20 Å². The molecule has 2 rings (SSSR count). The largest absolute Gasteiger partial charge is 0.381 e. The van der Waals surface area contributed by atoms with E-state index >= 15 is 0 Å². The van der Waals surface area contributed by atoms with Crippen molar-refractivity contribution in [1.82, 2.24) is 9.97 Å². The molecule has 0 aliphatic carbocycles. The lowest BCUT2D eigenvalue weighted by atomic mass is 10.0. The van der Waals surface area contributed by atoms with Gasteiger partial charge in [-0.1, -0.05) is 0 Å². The van der Waals surface area contributed by atoms with E-state index in [1.165, 1.54) is 6.42 Å². The Morgan fingerprint density at radius 3 is 3.27 bits per heavy atom. The van der Waals surface area contributed by atoms with Gasteiger partial charge in [-0.25, -0.2) is 4.98 Å². The van der Waals surface area contributed by atoms with E-state index < -0.39 is 0 Å². The highest BCUT2D eigenvalue weighted by atomic mass is 16.5. The van der Waals surface area contributed by atoms with Crippen LogP contribution in [0.15, 0.2) is 12.4 Å². The summed E-state index contributed by atoms with van der Waals surface area (Å²) in [5.41, 5.74) is 0. The van der Waals surface area contributed by atoms with E-state index in [9.17, 15) is 0 Å². The van der Waals surface area contributed by atoms with Gasteiger partial charge >= 0.3 is 0 Å². The van der Waals surface area contributed by atoms with Gasteiger partial charge in [-0.2, -0.15) is 0 Å². The maximum Gasteiger partial charge on any atom is 0.111 e. The van der Waals surface area contributed by atoms with Crippen LogP contribution in [-0.2, 0) is 4.74 Å². The Hall–Kier alpha value is -0.830. The first kappa shape index (κ1) is 6.85. The van der Waals surface area contributed by atoms with Crippen molar-refractivity contribution in [2.24, 2.45) is 0 Å². The molecule has 0 saturated carbocycles. The summed E-state index contributed by atoms with van der Waals surface area (Å²) in [6.07, 6.45) is 6.02. The van der Waals surface area contributed by atoms with Crippen molar-refractivity contribution in [3.8, 4) is 0 Å². The molecule has 11 heavy (non-hydrogen) atoms. The summed E-state index contributed by atoms with van der Waals surface area (Å²) in [4.78, 5) is 7.32. The summed E-state index contributed by atoms with van der Waals surface area (Å²) >= 11 is 0. The highest BCUT2D eigenvalue weighted by Gasteiger charge is 2.17. The van der Waals surface area contributed by atoms with E-state index in [1.54, 1.807) is 6.20 Å². The molecule has 1 N–H and O–H groups in total. The second kappa shape index (κ2) is 3.05. The molecule has 0 amide bonds. The molecule has 2 heterocycles. The van der Waals surface area contributed by atoms with Gasteiger partial charge in [-0.15, -0.1) is 0 Å². The van der Waals surface area contributed by atoms with E-state index in [0.29, 0.717) is 5.92 Å². The average molecular weight is 152 g/mol. The fourth-order valence-electron chi connectivity index (χ4n) is 1.46. The summed E-state index contributed by atoms with van der Waals surface area (Å²) in [6.45, 7) is 1.74. The molecule has 1 aliphatic heterocycles. The van der Waals surface area contributed by atoms with E-state index in [4.69, 9.17) is 4.74 Å². The van der Waals surface area contributed by atoms with Crippen LogP contribution >= 0.6 is 0 Å². The second-order valence-electron chi connectivity index (χ2n) is 2.89. The Kier molecular flexibility index (Phi) is 1.90. The van der Waals surface area contributed by atoms with E-state index in [-0.39, 0.29) is 0 Å². The molecule has 1 saturated heterocycles. The number of aromatic nitrogens is 2. The number of nitrogens with zero attached hydrogens (tertiary/aromatic N) is 1. The molecule has 0 aromatic carbocycles.